The van der Waals surface area contributed by atoms with Crippen molar-refractivity contribution in [2.45, 2.75) is 6.92 Å². The van der Waals surface area contributed by atoms with Crippen molar-refractivity contribution in [2.24, 2.45) is 0 Å². The van der Waals surface area contributed by atoms with E-state index in [-0.39, 0.29) is 5.91 Å². The highest BCUT2D eigenvalue weighted by Crippen LogP contribution is 2.34. The Labute approximate surface area is 128 Å². The first-order chi connectivity index (χ1) is 10.1. The van der Waals surface area contributed by atoms with E-state index in [4.69, 9.17) is 10.5 Å². The predicted octanol–water partition coefficient (Wildman–Crippen LogP) is 2.90. The number of fused-ring (bicyclic) bond motifs is 1. The van der Waals surface area contributed by atoms with Gasteiger partial charge in [0.15, 0.2) is 5.13 Å². The summed E-state index contributed by atoms with van der Waals surface area (Å²) in [5, 5.41) is 4.13. The summed E-state index contributed by atoms with van der Waals surface area (Å²) in [6.45, 7) is 1.85. The van der Waals surface area contributed by atoms with Crippen LogP contribution in [0, 0.1) is 6.92 Å². The normalized spacial score (nSPS) is 10.8. The van der Waals surface area contributed by atoms with E-state index in [0.717, 1.165) is 9.71 Å². The van der Waals surface area contributed by atoms with E-state index >= 15 is 0 Å². The number of anilines is 2. The molecule has 0 saturated heterocycles. The molecule has 1 amide bonds. The van der Waals surface area contributed by atoms with E-state index in [1.165, 1.54) is 22.7 Å². The van der Waals surface area contributed by atoms with Crippen LogP contribution in [-0.4, -0.2) is 23.0 Å². The van der Waals surface area contributed by atoms with Crippen molar-refractivity contribution in [3.05, 3.63) is 28.2 Å². The van der Waals surface area contributed by atoms with Gasteiger partial charge in [0.05, 0.1) is 23.0 Å². The van der Waals surface area contributed by atoms with E-state index < -0.39 is 0 Å². The van der Waals surface area contributed by atoms with Crippen molar-refractivity contribution >= 4 is 49.6 Å². The molecule has 0 spiro atoms. The van der Waals surface area contributed by atoms with Crippen LogP contribution in [0.2, 0.25) is 0 Å². The third-order valence-electron chi connectivity index (χ3n) is 2.77. The first kappa shape index (κ1) is 13.8. The predicted molar refractivity (Wildman–Crippen MR) is 85.4 cm³/mol. The molecule has 108 valence electrons. The lowest BCUT2D eigenvalue weighted by Crippen LogP contribution is -2.09. The number of carbonyl (C=O) groups excluding carboxylic acids is 1. The average molecular weight is 320 g/mol. The van der Waals surface area contributed by atoms with Gasteiger partial charge in [0.1, 0.15) is 16.1 Å². The largest absolute Gasteiger partial charge is 0.494 e. The Bertz CT molecular complexity index is 825. The molecule has 3 aromatic rings. The first-order valence-electron chi connectivity index (χ1n) is 6.04. The first-order valence-corrected chi connectivity index (χ1v) is 7.68. The number of nitrogens with one attached hydrogen (secondary N) is 1. The van der Waals surface area contributed by atoms with Crippen LogP contribution in [0.15, 0.2) is 18.3 Å². The van der Waals surface area contributed by atoms with Gasteiger partial charge < -0.3 is 10.5 Å². The number of aryl methyl sites for hydroxylation is 1. The summed E-state index contributed by atoms with van der Waals surface area (Å²) in [5.41, 5.74) is 7.09. The number of thiazole rings is 2. The number of nitrogens with two attached hydrogens (primary N) is 1. The van der Waals surface area contributed by atoms with Gasteiger partial charge in [-0.05, 0) is 13.0 Å². The van der Waals surface area contributed by atoms with Crippen LogP contribution in [0.4, 0.5) is 10.8 Å². The Morgan fingerprint density at radius 3 is 2.86 bits per heavy atom. The lowest BCUT2D eigenvalue weighted by atomic mass is 10.3. The maximum absolute atomic E-state index is 12.1. The summed E-state index contributed by atoms with van der Waals surface area (Å²) < 4.78 is 6.12. The van der Waals surface area contributed by atoms with E-state index in [2.05, 4.69) is 15.3 Å². The zero-order chi connectivity index (χ0) is 15.0. The summed E-state index contributed by atoms with van der Waals surface area (Å²) in [4.78, 5) is 21.1. The summed E-state index contributed by atoms with van der Waals surface area (Å²) in [7, 11) is 1.56. The van der Waals surface area contributed by atoms with Gasteiger partial charge in [0.25, 0.3) is 5.91 Å². The van der Waals surface area contributed by atoms with Crippen molar-refractivity contribution in [2.75, 3.05) is 18.2 Å². The van der Waals surface area contributed by atoms with E-state index in [1.54, 1.807) is 19.4 Å². The van der Waals surface area contributed by atoms with Gasteiger partial charge in [-0.3, -0.25) is 10.1 Å². The lowest BCUT2D eigenvalue weighted by Gasteiger charge is -2.01. The lowest BCUT2D eigenvalue weighted by molar-refractivity contribution is 0.103. The monoisotopic (exact) mass is 320 g/mol. The van der Waals surface area contributed by atoms with Crippen molar-refractivity contribution in [3.8, 4) is 5.75 Å². The number of carbonyl (C=O) groups is 1. The maximum Gasteiger partial charge on any atom is 0.269 e. The minimum Gasteiger partial charge on any atom is -0.494 e. The molecule has 0 bridgehead atoms. The van der Waals surface area contributed by atoms with Crippen LogP contribution >= 0.6 is 22.7 Å². The standard InChI is InChI=1S/C13H12N4O2S2/c1-6-15-5-10(20-6)12(18)17-13-16-11-8(19-2)3-7(14)4-9(11)21-13/h3-5H,14H2,1-2H3,(H,16,17,18). The van der Waals surface area contributed by atoms with Crippen LogP contribution in [0.5, 0.6) is 5.75 Å². The second-order valence-corrected chi connectivity index (χ2v) is 6.55. The number of methoxy groups -OCH3 is 1. The molecule has 0 fully saturated rings. The number of nitrogen functional groups attached to an aromatic ring is 1. The number of rotatable bonds is 3. The molecule has 0 unspecified atom stereocenters. The fourth-order valence-electron chi connectivity index (χ4n) is 1.85. The number of amides is 1. The third-order valence-corrected chi connectivity index (χ3v) is 4.60. The molecule has 0 atom stereocenters. The Morgan fingerprint density at radius 2 is 2.19 bits per heavy atom. The highest BCUT2D eigenvalue weighted by Gasteiger charge is 2.14. The minimum absolute atomic E-state index is 0.216. The highest BCUT2D eigenvalue weighted by molar-refractivity contribution is 7.22. The average Bonchev–Trinajstić information content (AvgIpc) is 3.03. The van der Waals surface area contributed by atoms with Crippen LogP contribution in [0.25, 0.3) is 10.2 Å². The van der Waals surface area contributed by atoms with Crippen LogP contribution in [0.1, 0.15) is 14.7 Å². The number of hydrogen-bond donors (Lipinski definition) is 2. The fourth-order valence-corrected chi connectivity index (χ4v) is 3.45. The molecule has 0 saturated carbocycles. The molecule has 3 rings (SSSR count). The van der Waals surface area contributed by atoms with E-state index in [0.29, 0.717) is 27.0 Å². The summed E-state index contributed by atoms with van der Waals surface area (Å²) in [6, 6.07) is 3.52. The SMILES string of the molecule is COc1cc(N)cc2sc(NC(=O)c3cnc(C)s3)nc12. The second kappa shape index (κ2) is 5.30. The van der Waals surface area contributed by atoms with Crippen LogP contribution in [0.3, 0.4) is 0 Å². The Morgan fingerprint density at radius 1 is 1.38 bits per heavy atom. The van der Waals surface area contributed by atoms with Crippen LogP contribution < -0.4 is 15.8 Å². The van der Waals surface area contributed by atoms with Crippen LogP contribution in [-0.2, 0) is 0 Å². The molecule has 1 aromatic carbocycles. The Kier molecular flexibility index (Phi) is 3.48. The molecule has 8 heteroatoms. The Balaban J connectivity index is 1.93. The van der Waals surface area contributed by atoms with Gasteiger partial charge >= 0.3 is 0 Å². The second-order valence-electron chi connectivity index (χ2n) is 4.29. The quantitative estimate of drug-likeness (QED) is 0.724. The van der Waals surface area contributed by atoms with Crippen molar-refractivity contribution in [3.63, 3.8) is 0 Å². The van der Waals surface area contributed by atoms with Gasteiger partial charge in [0.2, 0.25) is 0 Å². The Hall–Kier alpha value is -2.19. The summed E-state index contributed by atoms with van der Waals surface area (Å²) in [6.07, 6.45) is 1.56. The molecular weight excluding hydrogens is 308 g/mol. The molecule has 2 aromatic heterocycles. The smallest absolute Gasteiger partial charge is 0.269 e. The van der Waals surface area contributed by atoms with Gasteiger partial charge in [-0.2, -0.15) is 0 Å². The summed E-state index contributed by atoms with van der Waals surface area (Å²) >= 11 is 2.69. The molecule has 0 radical (unpaired) electrons. The van der Waals surface area contributed by atoms with Crippen molar-refractivity contribution in [1.29, 1.82) is 0 Å². The van der Waals surface area contributed by atoms with Crippen molar-refractivity contribution in [1.82, 2.24) is 9.97 Å². The van der Waals surface area contributed by atoms with Gasteiger partial charge in [-0.1, -0.05) is 11.3 Å². The van der Waals surface area contributed by atoms with E-state index in [9.17, 15) is 4.79 Å². The molecule has 0 aliphatic rings. The zero-order valence-electron chi connectivity index (χ0n) is 11.3. The van der Waals surface area contributed by atoms with Gasteiger partial charge in [0, 0.05) is 11.8 Å². The van der Waals surface area contributed by atoms with Crippen molar-refractivity contribution < 1.29 is 9.53 Å². The molecule has 0 aliphatic carbocycles. The van der Waals surface area contributed by atoms with Gasteiger partial charge in [-0.25, -0.2) is 9.97 Å². The third kappa shape index (κ3) is 2.67. The zero-order valence-corrected chi connectivity index (χ0v) is 13.0. The number of benzene rings is 1. The maximum atomic E-state index is 12.1. The minimum atomic E-state index is -0.216. The number of hydrogen-bond acceptors (Lipinski definition) is 7. The number of aromatic nitrogens is 2. The van der Waals surface area contributed by atoms with Gasteiger partial charge in [-0.15, -0.1) is 11.3 Å². The highest BCUT2D eigenvalue weighted by atomic mass is 32.1. The summed E-state index contributed by atoms with van der Waals surface area (Å²) in [5.74, 6) is 0.377. The molecule has 3 N–H and O–H groups in total. The van der Waals surface area contributed by atoms with E-state index in [1.807, 2.05) is 13.0 Å². The fraction of sp³-hybridized carbons (Fsp3) is 0.154. The topological polar surface area (TPSA) is 90.1 Å². The number of ether oxygens (including phenoxy) is 1. The molecular formula is C13H12N4O2S2. The molecule has 6 nitrogen and oxygen atoms in total. The molecule has 0 aliphatic heterocycles. The number of nitrogens with zero attached hydrogens (tertiary/aromatic N) is 2. The molecule has 2 heterocycles. The molecule has 21 heavy (non-hydrogen) atoms.